The first-order valence-electron chi connectivity index (χ1n) is 23.2. The molecular weight excluding hydrogens is 921 g/mol. The predicted octanol–water partition coefficient (Wildman–Crippen LogP) is 12.6. The first kappa shape index (κ1) is 47.7. The van der Waals surface area contributed by atoms with Gasteiger partial charge in [0.2, 0.25) is 19.7 Å². The van der Waals surface area contributed by atoms with E-state index >= 15 is 0 Å². The quantitative estimate of drug-likeness (QED) is 0.113. The molecule has 2 aliphatic rings. The summed E-state index contributed by atoms with van der Waals surface area (Å²) < 4.78 is 80.2. The number of sulfone groups is 2. The van der Waals surface area contributed by atoms with Crippen LogP contribution in [0.5, 0.6) is 46.0 Å². The lowest BCUT2D eigenvalue weighted by atomic mass is 9.85. The third kappa shape index (κ3) is 11.6. The summed E-state index contributed by atoms with van der Waals surface area (Å²) in [6.45, 7) is 0. The van der Waals surface area contributed by atoms with Gasteiger partial charge in [0.25, 0.3) is 0 Å². The van der Waals surface area contributed by atoms with Crippen molar-refractivity contribution in [2.45, 2.75) is 95.0 Å². The van der Waals surface area contributed by atoms with Crippen LogP contribution in [0.1, 0.15) is 75.3 Å². The largest absolute Gasteiger partial charge is 0.457 e. The minimum Gasteiger partial charge on any atom is -0.457 e. The smallest absolute Gasteiger partial charge is 0.210 e. The molecule has 2 fully saturated rings. The number of hydrogen-bond donors (Lipinski definition) is 2. The number of aliphatic hydroxyl groups is 2. The van der Waals surface area contributed by atoms with E-state index in [1.807, 2.05) is 6.07 Å². The van der Waals surface area contributed by atoms with Gasteiger partial charge in [0, 0.05) is 17.2 Å². The second kappa shape index (κ2) is 20.7. The first-order chi connectivity index (χ1) is 33.8. The molecule has 0 unspecified atom stereocenters. The number of benzene rings is 7. The van der Waals surface area contributed by atoms with E-state index in [0.717, 1.165) is 44.1 Å². The summed E-state index contributed by atoms with van der Waals surface area (Å²) in [5.41, 5.74) is -0.588. The summed E-state index contributed by atoms with van der Waals surface area (Å²) in [5.74, 6) is 15.0. The molecule has 0 atom stereocenters. The highest BCUT2D eigenvalue weighted by Gasteiger charge is 2.28. The zero-order valence-electron chi connectivity index (χ0n) is 38.2. The van der Waals surface area contributed by atoms with E-state index < -0.39 is 30.9 Å². The van der Waals surface area contributed by atoms with Crippen LogP contribution >= 0.6 is 0 Å². The second-order valence-electron chi connectivity index (χ2n) is 17.5. The molecule has 70 heavy (non-hydrogen) atoms. The van der Waals surface area contributed by atoms with Gasteiger partial charge in [-0.1, -0.05) is 72.9 Å². The van der Waals surface area contributed by atoms with E-state index in [1.165, 1.54) is 36.4 Å². The Balaban J connectivity index is 0.827. The van der Waals surface area contributed by atoms with Crippen LogP contribution in [-0.2, 0) is 19.7 Å². The van der Waals surface area contributed by atoms with Crippen molar-refractivity contribution >= 4 is 19.7 Å². The fraction of sp³-hybridized carbons (Fsp3) is 0.207. The molecule has 0 heterocycles. The SMILES string of the molecule is O=S(=O)(c1ccc(Oc2cccc(Oc3ccc(S(=O)(=O)c4ccccc4Oc4cccc(C#CC5(O)CCCCC5)c4)cc3)c2)cc1)c1ccccc1Oc1ccc(C#CC2(O)CCCCC2)cc1. The van der Waals surface area contributed by atoms with Crippen molar-refractivity contribution in [2.75, 3.05) is 0 Å². The maximum absolute atomic E-state index is 14.0. The Labute approximate surface area is 409 Å². The van der Waals surface area contributed by atoms with Crippen LogP contribution in [0.4, 0.5) is 0 Å². The highest BCUT2D eigenvalue weighted by Crippen LogP contribution is 2.37. The van der Waals surface area contributed by atoms with Crippen molar-refractivity contribution in [3.05, 3.63) is 181 Å². The van der Waals surface area contributed by atoms with Gasteiger partial charge in [-0.15, -0.1) is 0 Å². The van der Waals surface area contributed by atoms with Crippen molar-refractivity contribution in [2.24, 2.45) is 0 Å². The van der Waals surface area contributed by atoms with Crippen LogP contribution in [0, 0.1) is 23.7 Å². The molecule has 354 valence electrons. The Morgan fingerprint density at radius 3 is 1.24 bits per heavy atom. The number of rotatable bonds is 12. The van der Waals surface area contributed by atoms with E-state index in [2.05, 4.69) is 23.7 Å². The van der Waals surface area contributed by atoms with Gasteiger partial charge < -0.3 is 29.2 Å². The molecule has 2 aliphatic carbocycles. The van der Waals surface area contributed by atoms with Crippen molar-refractivity contribution in [3.63, 3.8) is 0 Å². The lowest BCUT2D eigenvalue weighted by Gasteiger charge is -2.26. The highest BCUT2D eigenvalue weighted by molar-refractivity contribution is 7.92. The van der Waals surface area contributed by atoms with Crippen LogP contribution in [0.25, 0.3) is 0 Å². The Kier molecular flexibility index (Phi) is 14.1. The normalized spacial score (nSPS) is 15.2. The summed E-state index contributed by atoms with van der Waals surface area (Å²) in [6.07, 6.45) is 8.63. The number of para-hydroxylation sites is 2. The average molecular weight is 971 g/mol. The molecule has 0 radical (unpaired) electrons. The first-order valence-corrected chi connectivity index (χ1v) is 26.2. The van der Waals surface area contributed by atoms with Gasteiger partial charge in [0.15, 0.2) is 0 Å². The number of ether oxygens (including phenoxy) is 4. The summed E-state index contributed by atoms with van der Waals surface area (Å²) >= 11 is 0. The van der Waals surface area contributed by atoms with Crippen LogP contribution in [-0.4, -0.2) is 38.3 Å². The average Bonchev–Trinajstić information content (AvgIpc) is 3.37. The minimum absolute atomic E-state index is 0.00281. The van der Waals surface area contributed by atoms with E-state index in [9.17, 15) is 27.0 Å². The molecule has 0 aromatic heterocycles. The van der Waals surface area contributed by atoms with Gasteiger partial charge in [-0.2, -0.15) is 0 Å². The fourth-order valence-electron chi connectivity index (χ4n) is 8.41. The summed E-state index contributed by atoms with van der Waals surface area (Å²) in [4.78, 5) is 0.0696. The van der Waals surface area contributed by atoms with Crippen molar-refractivity contribution < 1.29 is 46.0 Å². The van der Waals surface area contributed by atoms with Crippen LogP contribution in [0.15, 0.2) is 189 Å². The molecule has 12 heteroatoms. The predicted molar refractivity (Wildman–Crippen MR) is 266 cm³/mol. The monoisotopic (exact) mass is 970 g/mol. The fourth-order valence-corrected chi connectivity index (χ4v) is 11.2. The zero-order chi connectivity index (χ0) is 48.6. The van der Waals surface area contributed by atoms with E-state index in [4.69, 9.17) is 18.9 Å². The standard InChI is InChI=1S/C58H50O10S2/c59-57(35-7-1-8-36-57)39-33-43-21-23-47(24-22-43)67-53-17-3-5-19-55(53)69(61,62)51-29-25-45(26-30-51)65-49-15-12-16-50(42-49)66-46-27-31-52(32-28-46)70(63,64)56-20-6-4-18-54(56)68-48-14-11-13-44(41-48)34-40-58(60)37-9-2-10-38-58/h3-6,11-32,41-42,59-60H,1-2,7-10,35-38H2. The Hall–Kier alpha value is -7.32. The summed E-state index contributed by atoms with van der Waals surface area (Å²) in [7, 11) is -8.04. The highest BCUT2D eigenvalue weighted by atomic mass is 32.2. The van der Waals surface area contributed by atoms with Gasteiger partial charge >= 0.3 is 0 Å². The van der Waals surface area contributed by atoms with Gasteiger partial charge in [0.1, 0.15) is 67.0 Å². The third-order valence-electron chi connectivity index (χ3n) is 12.2. The minimum atomic E-state index is -4.03. The molecular formula is C58H50O10S2. The summed E-state index contributed by atoms with van der Waals surface area (Å²) in [6, 6.07) is 45.9. The molecule has 2 N–H and O–H groups in total. The summed E-state index contributed by atoms with van der Waals surface area (Å²) in [5, 5.41) is 21.6. The molecule has 0 saturated heterocycles. The van der Waals surface area contributed by atoms with Gasteiger partial charge in [-0.25, -0.2) is 16.8 Å². The molecule has 0 bridgehead atoms. The van der Waals surface area contributed by atoms with Gasteiger partial charge in [0.05, 0.1) is 9.79 Å². The van der Waals surface area contributed by atoms with E-state index in [-0.39, 0.29) is 31.1 Å². The molecule has 7 aromatic rings. The van der Waals surface area contributed by atoms with E-state index in [0.29, 0.717) is 65.7 Å². The number of hydrogen-bond acceptors (Lipinski definition) is 10. The van der Waals surface area contributed by atoms with Gasteiger partial charge in [-0.05, 0) is 179 Å². The lowest BCUT2D eigenvalue weighted by Crippen LogP contribution is -2.29. The van der Waals surface area contributed by atoms with Crippen molar-refractivity contribution in [1.82, 2.24) is 0 Å². The lowest BCUT2D eigenvalue weighted by molar-refractivity contribution is 0.0606. The van der Waals surface area contributed by atoms with E-state index in [1.54, 1.807) is 127 Å². The van der Waals surface area contributed by atoms with Crippen molar-refractivity contribution in [3.8, 4) is 69.7 Å². The molecule has 0 amide bonds. The third-order valence-corrected chi connectivity index (χ3v) is 15.8. The molecule has 7 aromatic carbocycles. The molecule has 2 saturated carbocycles. The van der Waals surface area contributed by atoms with Gasteiger partial charge in [-0.3, -0.25) is 0 Å². The Bertz CT molecular complexity index is 3330. The van der Waals surface area contributed by atoms with Crippen molar-refractivity contribution in [1.29, 1.82) is 0 Å². The Morgan fingerprint density at radius 1 is 0.371 bits per heavy atom. The zero-order valence-corrected chi connectivity index (χ0v) is 39.8. The maximum atomic E-state index is 14.0. The van der Waals surface area contributed by atoms with Crippen LogP contribution in [0.2, 0.25) is 0 Å². The molecule has 9 rings (SSSR count). The second-order valence-corrected chi connectivity index (χ2v) is 21.3. The topological polar surface area (TPSA) is 146 Å². The molecule has 10 nitrogen and oxygen atoms in total. The molecule has 0 spiro atoms. The van der Waals surface area contributed by atoms with Crippen LogP contribution in [0.3, 0.4) is 0 Å². The van der Waals surface area contributed by atoms with Crippen LogP contribution < -0.4 is 18.9 Å². The maximum Gasteiger partial charge on any atom is 0.210 e. The molecule has 0 aliphatic heterocycles. The Morgan fingerprint density at radius 2 is 0.757 bits per heavy atom.